The average Bonchev–Trinajstić information content (AvgIpc) is 3.13. The van der Waals surface area contributed by atoms with Crippen LogP contribution >= 0.6 is 0 Å². The van der Waals surface area contributed by atoms with Gasteiger partial charge >= 0.3 is 6.09 Å². The van der Waals surface area contributed by atoms with E-state index in [0.717, 1.165) is 24.8 Å². The molecule has 2 aromatic carbocycles. The lowest BCUT2D eigenvalue weighted by atomic mass is 9.72. The number of aliphatic hydroxyl groups is 1. The normalized spacial score (nSPS) is 21.7. The molecular weight excluding hydrogens is 394 g/mol. The van der Waals surface area contributed by atoms with Crippen LogP contribution in [-0.4, -0.2) is 54.1 Å². The number of methoxy groups -OCH3 is 1. The van der Waals surface area contributed by atoms with E-state index >= 15 is 0 Å². The number of nitrogens with zero attached hydrogens (tertiary/aromatic N) is 1. The summed E-state index contributed by atoms with van der Waals surface area (Å²) < 4.78 is 11.5. The Kier molecular flexibility index (Phi) is 7.44. The summed E-state index contributed by atoms with van der Waals surface area (Å²) >= 11 is 0. The number of carboxylic acid groups (broad SMARTS) is 1. The van der Waals surface area contributed by atoms with Crippen molar-refractivity contribution in [1.29, 1.82) is 0 Å². The highest BCUT2D eigenvalue weighted by Crippen LogP contribution is 2.46. The number of unbranched alkanes of at least 4 members (excludes halogenated alkanes) is 1. The maximum atomic E-state index is 11.6. The van der Waals surface area contributed by atoms with Crippen LogP contribution in [0.3, 0.4) is 0 Å². The molecule has 6 heteroatoms. The van der Waals surface area contributed by atoms with Gasteiger partial charge in [-0.15, -0.1) is 0 Å². The third-order valence-corrected chi connectivity index (χ3v) is 6.51. The molecule has 168 valence electrons. The largest absolute Gasteiger partial charge is 0.493 e. The molecule has 1 heterocycles. The van der Waals surface area contributed by atoms with E-state index in [9.17, 15) is 15.0 Å². The number of hydrogen-bond donors (Lipinski definition) is 2. The highest BCUT2D eigenvalue weighted by molar-refractivity contribution is 5.66. The van der Waals surface area contributed by atoms with Gasteiger partial charge < -0.3 is 24.6 Å². The lowest BCUT2D eigenvalue weighted by Gasteiger charge is -2.33. The molecule has 6 nitrogen and oxygen atoms in total. The van der Waals surface area contributed by atoms with E-state index in [2.05, 4.69) is 24.3 Å². The first kappa shape index (κ1) is 22.9. The van der Waals surface area contributed by atoms with Crippen molar-refractivity contribution in [1.82, 2.24) is 4.90 Å². The van der Waals surface area contributed by atoms with Crippen LogP contribution in [0.2, 0.25) is 0 Å². The number of benzene rings is 2. The molecule has 1 aliphatic rings. The second-order valence-electron chi connectivity index (χ2n) is 8.60. The minimum absolute atomic E-state index is 0.130. The van der Waals surface area contributed by atoms with Crippen LogP contribution in [0.5, 0.6) is 11.5 Å². The van der Waals surface area contributed by atoms with Crippen LogP contribution < -0.4 is 9.47 Å². The zero-order valence-electron chi connectivity index (χ0n) is 18.6. The zero-order chi connectivity index (χ0) is 22.4. The van der Waals surface area contributed by atoms with E-state index in [1.54, 1.807) is 14.0 Å². The molecular formula is C25H33NO5. The second kappa shape index (κ2) is 10.1. The first-order chi connectivity index (χ1) is 14.8. The average molecular weight is 428 g/mol. The predicted molar refractivity (Wildman–Crippen MR) is 120 cm³/mol. The highest BCUT2D eigenvalue weighted by Gasteiger charge is 2.48. The number of rotatable bonds is 9. The fourth-order valence-corrected chi connectivity index (χ4v) is 4.35. The standard InChI is InChI=1S/C25H33NO5/c1-18(27)25(2)17-26(24(28)29)16-21(25)20-12-13-22(30-3)23(15-20)31-14-8-7-11-19-9-5-4-6-10-19/h4-6,9-10,12-13,15,18,21,27H,7-8,11,14,16-17H2,1-3H3,(H,28,29)/t18-,21+,25+/m1/s1. The van der Waals surface area contributed by atoms with Crippen molar-refractivity contribution >= 4 is 6.09 Å². The van der Waals surface area contributed by atoms with Crippen LogP contribution in [0, 0.1) is 5.41 Å². The van der Waals surface area contributed by atoms with Crippen molar-refractivity contribution in [2.24, 2.45) is 5.41 Å². The fourth-order valence-electron chi connectivity index (χ4n) is 4.35. The Morgan fingerprint density at radius 1 is 1.19 bits per heavy atom. The summed E-state index contributed by atoms with van der Waals surface area (Å²) in [5.41, 5.74) is 1.70. The molecule has 0 bridgehead atoms. The molecule has 31 heavy (non-hydrogen) atoms. The number of amides is 1. The van der Waals surface area contributed by atoms with E-state index in [-0.39, 0.29) is 5.92 Å². The van der Waals surface area contributed by atoms with Crippen molar-refractivity contribution in [2.75, 3.05) is 26.8 Å². The molecule has 2 aromatic rings. The van der Waals surface area contributed by atoms with Gasteiger partial charge in [0.1, 0.15) is 0 Å². The summed E-state index contributed by atoms with van der Waals surface area (Å²) in [6.45, 7) is 4.89. The third kappa shape index (κ3) is 5.31. The zero-order valence-corrected chi connectivity index (χ0v) is 18.6. The molecule has 3 atom stereocenters. The van der Waals surface area contributed by atoms with E-state index in [4.69, 9.17) is 9.47 Å². The molecule has 1 fully saturated rings. The van der Waals surface area contributed by atoms with Gasteiger partial charge in [0.2, 0.25) is 0 Å². The summed E-state index contributed by atoms with van der Waals surface area (Å²) in [6.07, 6.45) is 1.36. The van der Waals surface area contributed by atoms with Gasteiger partial charge in [0, 0.05) is 24.4 Å². The van der Waals surface area contributed by atoms with Gasteiger partial charge in [-0.25, -0.2) is 4.79 Å². The van der Waals surface area contributed by atoms with Crippen molar-refractivity contribution in [3.05, 3.63) is 59.7 Å². The number of carbonyl (C=O) groups is 1. The Bertz CT molecular complexity index is 869. The molecule has 0 unspecified atom stereocenters. The first-order valence-corrected chi connectivity index (χ1v) is 10.9. The molecule has 2 N–H and O–H groups in total. The number of likely N-dealkylation sites (tertiary alicyclic amines) is 1. The molecule has 0 aromatic heterocycles. The van der Waals surface area contributed by atoms with Crippen LogP contribution in [0.25, 0.3) is 0 Å². The van der Waals surface area contributed by atoms with Gasteiger partial charge in [-0.1, -0.05) is 43.3 Å². The number of aliphatic hydroxyl groups excluding tert-OH is 1. The van der Waals surface area contributed by atoms with Crippen LogP contribution in [0.1, 0.15) is 43.7 Å². The van der Waals surface area contributed by atoms with Crippen molar-refractivity contribution in [3.63, 3.8) is 0 Å². The van der Waals surface area contributed by atoms with Crippen molar-refractivity contribution in [3.8, 4) is 11.5 Å². The topological polar surface area (TPSA) is 79.2 Å². The summed E-state index contributed by atoms with van der Waals surface area (Å²) in [5.74, 6) is 1.18. The van der Waals surface area contributed by atoms with E-state index < -0.39 is 17.6 Å². The minimum atomic E-state index is -0.960. The van der Waals surface area contributed by atoms with E-state index in [1.165, 1.54) is 10.5 Å². The Labute approximate surface area is 184 Å². The number of ether oxygens (including phenoxy) is 2. The summed E-state index contributed by atoms with van der Waals surface area (Å²) in [4.78, 5) is 12.9. The molecule has 0 aliphatic carbocycles. The number of hydrogen-bond acceptors (Lipinski definition) is 4. The van der Waals surface area contributed by atoms with Crippen LogP contribution in [-0.2, 0) is 6.42 Å². The maximum absolute atomic E-state index is 11.6. The lowest BCUT2D eigenvalue weighted by molar-refractivity contribution is 0.0481. The van der Waals surface area contributed by atoms with Gasteiger partial charge in [0.15, 0.2) is 11.5 Å². The second-order valence-corrected chi connectivity index (χ2v) is 8.60. The van der Waals surface area contributed by atoms with E-state index in [0.29, 0.717) is 31.2 Å². The quantitative estimate of drug-likeness (QED) is 0.574. The maximum Gasteiger partial charge on any atom is 0.407 e. The highest BCUT2D eigenvalue weighted by atomic mass is 16.5. The van der Waals surface area contributed by atoms with Crippen molar-refractivity contribution in [2.45, 2.75) is 45.1 Å². The molecule has 0 spiro atoms. The Balaban J connectivity index is 1.68. The fraction of sp³-hybridized carbons (Fsp3) is 0.480. The van der Waals surface area contributed by atoms with Gasteiger partial charge in [0.25, 0.3) is 0 Å². The number of aryl methyl sites for hydroxylation is 1. The Morgan fingerprint density at radius 2 is 1.94 bits per heavy atom. The van der Waals surface area contributed by atoms with Gasteiger partial charge in [0.05, 0.1) is 19.8 Å². The van der Waals surface area contributed by atoms with Crippen molar-refractivity contribution < 1.29 is 24.5 Å². The predicted octanol–water partition coefficient (Wildman–Crippen LogP) is 4.56. The van der Waals surface area contributed by atoms with Gasteiger partial charge in [-0.2, -0.15) is 0 Å². The Hall–Kier alpha value is -2.73. The summed E-state index contributed by atoms with van der Waals surface area (Å²) in [6, 6.07) is 16.1. The first-order valence-electron chi connectivity index (χ1n) is 10.9. The smallest absolute Gasteiger partial charge is 0.407 e. The molecule has 1 amide bonds. The SMILES string of the molecule is COc1ccc([C@@H]2CN(C(=O)O)C[C@@]2(C)[C@@H](C)O)cc1OCCCCc1ccccc1. The lowest BCUT2D eigenvalue weighted by Crippen LogP contribution is -2.37. The molecule has 1 saturated heterocycles. The summed E-state index contributed by atoms with van der Waals surface area (Å²) in [5, 5.41) is 19.9. The third-order valence-electron chi connectivity index (χ3n) is 6.51. The molecule has 0 saturated carbocycles. The molecule has 3 rings (SSSR count). The Morgan fingerprint density at radius 3 is 2.58 bits per heavy atom. The van der Waals surface area contributed by atoms with Crippen LogP contribution in [0.15, 0.2) is 48.5 Å². The van der Waals surface area contributed by atoms with Crippen LogP contribution in [0.4, 0.5) is 4.79 Å². The monoisotopic (exact) mass is 427 g/mol. The van der Waals surface area contributed by atoms with Gasteiger partial charge in [-0.05, 0) is 49.4 Å². The van der Waals surface area contributed by atoms with E-state index in [1.807, 2.05) is 31.2 Å². The van der Waals surface area contributed by atoms with Gasteiger partial charge in [-0.3, -0.25) is 0 Å². The summed E-state index contributed by atoms with van der Waals surface area (Å²) in [7, 11) is 1.61. The molecule has 0 radical (unpaired) electrons. The minimum Gasteiger partial charge on any atom is -0.493 e. The molecule has 1 aliphatic heterocycles.